The molecule has 1 nitrogen and oxygen atoms in total. The van der Waals surface area contributed by atoms with Crippen molar-refractivity contribution in [3.05, 3.63) is 68.6 Å². The molecule has 0 bridgehead atoms. The van der Waals surface area contributed by atoms with Gasteiger partial charge in [-0.2, -0.15) is 0 Å². The van der Waals surface area contributed by atoms with Gasteiger partial charge in [-0.15, -0.1) is 0 Å². The van der Waals surface area contributed by atoms with Gasteiger partial charge in [-0.3, -0.25) is 0 Å². The van der Waals surface area contributed by atoms with Crippen molar-refractivity contribution in [2.24, 2.45) is 5.92 Å². The van der Waals surface area contributed by atoms with Gasteiger partial charge in [-0.1, -0.05) is 63.0 Å². The lowest BCUT2D eigenvalue weighted by Gasteiger charge is -2.18. The molecule has 112 valence electrons. The van der Waals surface area contributed by atoms with Gasteiger partial charge in [0.1, 0.15) is 0 Å². The third kappa shape index (κ3) is 5.93. The molecule has 0 saturated heterocycles. The minimum Gasteiger partial charge on any atom is -0.317 e. The summed E-state index contributed by atoms with van der Waals surface area (Å²) in [7, 11) is 0. The minimum atomic E-state index is 0.605. The fourth-order valence-corrected chi connectivity index (χ4v) is 3.45. The maximum absolute atomic E-state index is 3.56. The Labute approximate surface area is 144 Å². The maximum atomic E-state index is 3.56. The first kappa shape index (κ1) is 16.7. The van der Waals surface area contributed by atoms with E-state index >= 15 is 0 Å². The average molecular weight is 411 g/mol. The van der Waals surface area contributed by atoms with E-state index in [1.165, 1.54) is 11.1 Å². The zero-order valence-electron chi connectivity index (χ0n) is 12.3. The van der Waals surface area contributed by atoms with Crippen molar-refractivity contribution in [3.8, 4) is 0 Å². The zero-order valence-corrected chi connectivity index (χ0v) is 15.5. The average Bonchev–Trinajstić information content (AvgIpc) is 2.45. The summed E-state index contributed by atoms with van der Waals surface area (Å²) in [6.45, 7) is 4.23. The Balaban J connectivity index is 2.06. The van der Waals surface area contributed by atoms with Gasteiger partial charge in [-0.25, -0.2) is 0 Å². The Bertz CT molecular complexity index is 521. The highest BCUT2D eigenvalue weighted by Gasteiger charge is 2.11. The molecule has 0 fully saturated rings. The molecule has 0 atom stereocenters. The molecular formula is C18H21Br2N. The molecule has 1 N–H and O–H groups in total. The van der Waals surface area contributed by atoms with E-state index in [0.29, 0.717) is 5.92 Å². The molecule has 0 heterocycles. The second-order valence-electron chi connectivity index (χ2n) is 5.34. The van der Waals surface area contributed by atoms with Crippen LogP contribution in [0.2, 0.25) is 0 Å². The molecule has 2 aromatic rings. The van der Waals surface area contributed by atoms with Gasteiger partial charge < -0.3 is 5.32 Å². The van der Waals surface area contributed by atoms with Crippen LogP contribution in [0.3, 0.4) is 0 Å². The van der Waals surface area contributed by atoms with Crippen LogP contribution in [0.1, 0.15) is 18.1 Å². The SMILES string of the molecule is CCNCC(Cc1cccc(Br)c1)Cc1cccc(Br)c1. The first-order chi connectivity index (χ1) is 10.2. The minimum absolute atomic E-state index is 0.605. The summed E-state index contributed by atoms with van der Waals surface area (Å²) < 4.78 is 2.31. The van der Waals surface area contributed by atoms with E-state index in [-0.39, 0.29) is 0 Å². The second-order valence-corrected chi connectivity index (χ2v) is 7.17. The molecule has 0 aliphatic heterocycles. The molecule has 2 rings (SSSR count). The summed E-state index contributed by atoms with van der Waals surface area (Å²) in [6, 6.07) is 17.3. The molecule has 0 spiro atoms. The zero-order chi connectivity index (χ0) is 15.1. The number of rotatable bonds is 7. The van der Waals surface area contributed by atoms with Gasteiger partial charge in [0.15, 0.2) is 0 Å². The van der Waals surface area contributed by atoms with Crippen LogP contribution in [0.4, 0.5) is 0 Å². The normalized spacial score (nSPS) is 11.0. The summed E-state index contributed by atoms with van der Waals surface area (Å²) in [6.07, 6.45) is 2.19. The predicted octanol–water partition coefficient (Wildman–Crippen LogP) is 5.22. The molecule has 0 aliphatic carbocycles. The van der Waals surface area contributed by atoms with E-state index in [1.807, 2.05) is 0 Å². The number of hydrogen-bond donors (Lipinski definition) is 1. The molecule has 21 heavy (non-hydrogen) atoms. The fraction of sp³-hybridized carbons (Fsp3) is 0.333. The van der Waals surface area contributed by atoms with E-state index < -0.39 is 0 Å². The van der Waals surface area contributed by atoms with E-state index in [0.717, 1.165) is 34.9 Å². The van der Waals surface area contributed by atoms with Crippen LogP contribution < -0.4 is 5.32 Å². The van der Waals surface area contributed by atoms with Crippen LogP contribution in [-0.2, 0) is 12.8 Å². The molecule has 3 heteroatoms. The lowest BCUT2D eigenvalue weighted by atomic mass is 9.92. The molecule has 0 unspecified atom stereocenters. The lowest BCUT2D eigenvalue weighted by Crippen LogP contribution is -2.25. The number of halogens is 2. The topological polar surface area (TPSA) is 12.0 Å². The Hall–Kier alpha value is -0.640. The van der Waals surface area contributed by atoms with Crippen LogP contribution in [0.15, 0.2) is 57.5 Å². The first-order valence-electron chi connectivity index (χ1n) is 7.37. The van der Waals surface area contributed by atoms with Crippen molar-refractivity contribution in [2.75, 3.05) is 13.1 Å². The van der Waals surface area contributed by atoms with E-state index in [9.17, 15) is 0 Å². The first-order valence-corrected chi connectivity index (χ1v) is 8.95. The second kappa shape index (κ2) is 8.72. The molecule has 0 aromatic heterocycles. The summed E-state index contributed by atoms with van der Waals surface area (Å²) in [5, 5.41) is 3.49. The monoisotopic (exact) mass is 409 g/mol. The number of benzene rings is 2. The molecule has 2 aromatic carbocycles. The van der Waals surface area contributed by atoms with E-state index in [4.69, 9.17) is 0 Å². The van der Waals surface area contributed by atoms with Crippen LogP contribution in [0.25, 0.3) is 0 Å². The van der Waals surface area contributed by atoms with Gasteiger partial charge in [-0.05, 0) is 67.2 Å². The highest BCUT2D eigenvalue weighted by Crippen LogP contribution is 2.19. The maximum Gasteiger partial charge on any atom is 0.0177 e. The Kier molecular flexibility index (Phi) is 6.94. The summed E-state index contributed by atoms with van der Waals surface area (Å²) >= 11 is 7.12. The van der Waals surface area contributed by atoms with Gasteiger partial charge in [0.25, 0.3) is 0 Å². The van der Waals surface area contributed by atoms with Gasteiger partial charge in [0.2, 0.25) is 0 Å². The van der Waals surface area contributed by atoms with Crippen molar-refractivity contribution < 1.29 is 0 Å². The van der Waals surface area contributed by atoms with Crippen molar-refractivity contribution in [1.29, 1.82) is 0 Å². The molecule has 0 saturated carbocycles. The summed E-state index contributed by atoms with van der Waals surface area (Å²) in [5.41, 5.74) is 2.78. The van der Waals surface area contributed by atoms with Crippen molar-refractivity contribution >= 4 is 31.9 Å². The van der Waals surface area contributed by atoms with E-state index in [2.05, 4.69) is 92.6 Å². The Morgan fingerprint density at radius 1 is 0.905 bits per heavy atom. The highest BCUT2D eigenvalue weighted by molar-refractivity contribution is 9.10. The van der Waals surface area contributed by atoms with Crippen LogP contribution in [0.5, 0.6) is 0 Å². The molecular weight excluding hydrogens is 390 g/mol. The smallest absolute Gasteiger partial charge is 0.0177 e. The largest absolute Gasteiger partial charge is 0.317 e. The molecule has 0 amide bonds. The van der Waals surface area contributed by atoms with Gasteiger partial charge in [0.05, 0.1) is 0 Å². The summed E-state index contributed by atoms with van der Waals surface area (Å²) in [4.78, 5) is 0. The lowest BCUT2D eigenvalue weighted by molar-refractivity contribution is 0.478. The number of hydrogen-bond acceptors (Lipinski definition) is 1. The van der Waals surface area contributed by atoms with E-state index in [1.54, 1.807) is 0 Å². The highest BCUT2D eigenvalue weighted by atomic mass is 79.9. The van der Waals surface area contributed by atoms with Crippen LogP contribution >= 0.6 is 31.9 Å². The van der Waals surface area contributed by atoms with Crippen LogP contribution in [0, 0.1) is 5.92 Å². The standard InChI is InChI=1S/C18H21Br2N/c1-2-21-13-16(9-14-5-3-7-17(19)11-14)10-15-6-4-8-18(20)12-15/h3-8,11-12,16,21H,2,9-10,13H2,1H3. The third-order valence-corrected chi connectivity index (χ3v) is 4.50. The van der Waals surface area contributed by atoms with Crippen molar-refractivity contribution in [1.82, 2.24) is 5.32 Å². The van der Waals surface area contributed by atoms with Crippen molar-refractivity contribution in [2.45, 2.75) is 19.8 Å². The molecule has 0 aliphatic rings. The van der Waals surface area contributed by atoms with Crippen LogP contribution in [-0.4, -0.2) is 13.1 Å². The molecule has 0 radical (unpaired) electrons. The fourth-order valence-electron chi connectivity index (χ4n) is 2.56. The quantitative estimate of drug-likeness (QED) is 0.659. The summed E-state index contributed by atoms with van der Waals surface area (Å²) in [5.74, 6) is 0.605. The van der Waals surface area contributed by atoms with Gasteiger partial charge >= 0.3 is 0 Å². The predicted molar refractivity (Wildman–Crippen MR) is 97.7 cm³/mol. The van der Waals surface area contributed by atoms with Crippen molar-refractivity contribution in [3.63, 3.8) is 0 Å². The van der Waals surface area contributed by atoms with Gasteiger partial charge in [0, 0.05) is 8.95 Å². The Morgan fingerprint density at radius 3 is 1.86 bits per heavy atom. The Morgan fingerprint density at radius 2 is 1.43 bits per heavy atom. The number of nitrogens with one attached hydrogen (secondary N) is 1. The third-order valence-electron chi connectivity index (χ3n) is 3.51.